The van der Waals surface area contributed by atoms with E-state index in [1.807, 2.05) is 30.3 Å². The molecule has 0 heterocycles. The highest BCUT2D eigenvalue weighted by molar-refractivity contribution is 5.97. The predicted octanol–water partition coefficient (Wildman–Crippen LogP) is 3.61. The van der Waals surface area contributed by atoms with E-state index in [9.17, 15) is 14.7 Å². The van der Waals surface area contributed by atoms with Crippen molar-refractivity contribution in [2.45, 2.75) is 13.5 Å². The predicted molar refractivity (Wildman–Crippen MR) is 131 cm³/mol. The molecule has 0 saturated heterocycles. The SMILES string of the molecule is C/C(=C\c1ccc(C(=O)Oc2ccc(C(=N)N)cc2)cc1)C(=O)N(CCO)Cc1ccccc1. The summed E-state index contributed by atoms with van der Waals surface area (Å²) in [7, 11) is 0. The number of rotatable bonds is 9. The fourth-order valence-corrected chi connectivity index (χ4v) is 3.32. The number of amidine groups is 1. The van der Waals surface area contributed by atoms with Crippen molar-refractivity contribution < 1.29 is 19.4 Å². The van der Waals surface area contributed by atoms with E-state index in [1.54, 1.807) is 66.4 Å². The van der Waals surface area contributed by atoms with Crippen molar-refractivity contribution >= 4 is 23.8 Å². The maximum Gasteiger partial charge on any atom is 0.343 e. The molecule has 3 aromatic carbocycles. The van der Waals surface area contributed by atoms with Gasteiger partial charge in [0.25, 0.3) is 0 Å². The van der Waals surface area contributed by atoms with E-state index in [0.717, 1.165) is 11.1 Å². The van der Waals surface area contributed by atoms with Gasteiger partial charge in [0.2, 0.25) is 5.91 Å². The fourth-order valence-electron chi connectivity index (χ4n) is 3.32. The standard InChI is InChI=1S/C27H27N3O4/c1-19(26(32)30(15-16-31)18-21-5-3-2-4-6-21)17-20-7-9-23(10-8-20)27(33)34-24-13-11-22(12-14-24)25(28)29/h2-14,17,31H,15-16,18H2,1H3,(H3,28,29)/b19-17+. The van der Waals surface area contributed by atoms with Crippen LogP contribution >= 0.6 is 0 Å². The third-order valence-electron chi connectivity index (χ3n) is 5.12. The van der Waals surface area contributed by atoms with Crippen molar-refractivity contribution in [1.29, 1.82) is 5.41 Å². The number of benzene rings is 3. The normalized spacial score (nSPS) is 11.1. The zero-order valence-corrected chi connectivity index (χ0v) is 18.9. The van der Waals surface area contributed by atoms with Crippen LogP contribution in [0.25, 0.3) is 6.08 Å². The molecular weight excluding hydrogens is 430 g/mol. The van der Waals surface area contributed by atoms with Gasteiger partial charge >= 0.3 is 5.97 Å². The van der Waals surface area contributed by atoms with Gasteiger partial charge in [-0.25, -0.2) is 4.79 Å². The van der Waals surface area contributed by atoms with Crippen molar-refractivity contribution in [1.82, 2.24) is 4.90 Å². The third-order valence-corrected chi connectivity index (χ3v) is 5.12. The number of hydrogen-bond donors (Lipinski definition) is 3. The Kier molecular flexibility index (Phi) is 8.32. The molecule has 0 bridgehead atoms. The summed E-state index contributed by atoms with van der Waals surface area (Å²) < 4.78 is 5.36. The molecule has 1 amide bonds. The number of esters is 1. The number of aliphatic hydroxyl groups excluding tert-OH is 1. The monoisotopic (exact) mass is 457 g/mol. The first-order valence-electron chi connectivity index (χ1n) is 10.8. The molecule has 3 aromatic rings. The lowest BCUT2D eigenvalue weighted by atomic mass is 10.1. The first-order valence-corrected chi connectivity index (χ1v) is 10.8. The van der Waals surface area contributed by atoms with Crippen LogP contribution in [0.1, 0.15) is 34.0 Å². The molecule has 3 rings (SSSR count). The molecule has 0 aromatic heterocycles. The van der Waals surface area contributed by atoms with Crippen LogP contribution in [0.3, 0.4) is 0 Å². The van der Waals surface area contributed by atoms with E-state index in [-0.39, 0.29) is 24.9 Å². The van der Waals surface area contributed by atoms with Gasteiger partial charge in [-0.05, 0) is 60.5 Å². The van der Waals surface area contributed by atoms with Crippen molar-refractivity contribution in [3.63, 3.8) is 0 Å². The minimum absolute atomic E-state index is 0.0603. The summed E-state index contributed by atoms with van der Waals surface area (Å²) in [5.41, 5.74) is 8.59. The average molecular weight is 458 g/mol. The van der Waals surface area contributed by atoms with E-state index in [2.05, 4.69) is 0 Å². The summed E-state index contributed by atoms with van der Waals surface area (Å²) in [5.74, 6) is -0.399. The Balaban J connectivity index is 1.66. The highest BCUT2D eigenvalue weighted by Gasteiger charge is 2.16. The number of amides is 1. The highest BCUT2D eigenvalue weighted by Crippen LogP contribution is 2.16. The van der Waals surface area contributed by atoms with Gasteiger partial charge in [-0.15, -0.1) is 0 Å². The number of aliphatic hydroxyl groups is 1. The summed E-state index contributed by atoms with van der Waals surface area (Å²) in [5, 5.41) is 16.8. The fraction of sp³-hybridized carbons (Fsp3) is 0.148. The van der Waals surface area contributed by atoms with Crippen LogP contribution in [-0.2, 0) is 11.3 Å². The maximum absolute atomic E-state index is 12.9. The molecule has 0 atom stereocenters. The topological polar surface area (TPSA) is 117 Å². The number of ether oxygens (including phenoxy) is 1. The second-order valence-corrected chi connectivity index (χ2v) is 7.71. The van der Waals surface area contributed by atoms with E-state index in [1.165, 1.54) is 0 Å². The highest BCUT2D eigenvalue weighted by atomic mass is 16.5. The van der Waals surface area contributed by atoms with Gasteiger partial charge < -0.3 is 20.5 Å². The maximum atomic E-state index is 12.9. The van der Waals surface area contributed by atoms with Crippen molar-refractivity contribution in [3.8, 4) is 5.75 Å². The van der Waals surface area contributed by atoms with Gasteiger partial charge in [-0.1, -0.05) is 42.5 Å². The Morgan fingerprint density at radius 2 is 1.59 bits per heavy atom. The molecule has 0 fully saturated rings. The average Bonchev–Trinajstić information content (AvgIpc) is 2.84. The van der Waals surface area contributed by atoms with Gasteiger partial charge in [0.1, 0.15) is 11.6 Å². The van der Waals surface area contributed by atoms with Crippen molar-refractivity contribution in [2.75, 3.05) is 13.2 Å². The van der Waals surface area contributed by atoms with Crippen LogP contribution in [-0.4, -0.2) is 40.9 Å². The van der Waals surface area contributed by atoms with Crippen molar-refractivity contribution in [2.24, 2.45) is 5.73 Å². The van der Waals surface area contributed by atoms with E-state index in [4.69, 9.17) is 15.9 Å². The largest absolute Gasteiger partial charge is 0.423 e. The molecule has 34 heavy (non-hydrogen) atoms. The minimum atomic E-state index is -0.518. The molecule has 0 radical (unpaired) electrons. The summed E-state index contributed by atoms with van der Waals surface area (Å²) in [6.07, 6.45) is 1.74. The lowest BCUT2D eigenvalue weighted by Crippen LogP contribution is -2.33. The molecule has 0 saturated carbocycles. The van der Waals surface area contributed by atoms with E-state index < -0.39 is 5.97 Å². The van der Waals surface area contributed by atoms with E-state index in [0.29, 0.717) is 29.0 Å². The lowest BCUT2D eigenvalue weighted by molar-refractivity contribution is -0.128. The second kappa shape index (κ2) is 11.6. The number of hydrogen-bond acceptors (Lipinski definition) is 5. The van der Waals surface area contributed by atoms with E-state index >= 15 is 0 Å². The molecule has 0 aliphatic heterocycles. The number of nitrogens with one attached hydrogen (secondary N) is 1. The molecule has 0 aliphatic carbocycles. The first-order chi connectivity index (χ1) is 16.4. The number of nitrogens with two attached hydrogens (primary N) is 1. The van der Waals surface area contributed by atoms with Gasteiger partial charge in [0.15, 0.2) is 0 Å². The summed E-state index contributed by atoms with van der Waals surface area (Å²) >= 11 is 0. The van der Waals surface area contributed by atoms with Crippen molar-refractivity contribution in [3.05, 3.63) is 107 Å². The second-order valence-electron chi connectivity index (χ2n) is 7.71. The van der Waals surface area contributed by atoms with Crippen LogP contribution < -0.4 is 10.5 Å². The lowest BCUT2D eigenvalue weighted by Gasteiger charge is -2.22. The quantitative estimate of drug-likeness (QED) is 0.149. The van der Waals surface area contributed by atoms with Crippen LogP contribution in [0.15, 0.2) is 84.4 Å². The minimum Gasteiger partial charge on any atom is -0.423 e. The summed E-state index contributed by atoms with van der Waals surface area (Å²) in [6.45, 7) is 2.24. The van der Waals surface area contributed by atoms with Gasteiger partial charge in [0.05, 0.1) is 12.2 Å². The third kappa shape index (κ3) is 6.63. The van der Waals surface area contributed by atoms with Crippen LogP contribution in [0.2, 0.25) is 0 Å². The van der Waals surface area contributed by atoms with Crippen LogP contribution in [0, 0.1) is 5.41 Å². The molecule has 4 N–H and O–H groups in total. The smallest absolute Gasteiger partial charge is 0.343 e. The molecule has 7 heteroatoms. The van der Waals surface area contributed by atoms with Crippen LogP contribution in [0.5, 0.6) is 5.75 Å². The van der Waals surface area contributed by atoms with Gasteiger partial charge in [-0.2, -0.15) is 0 Å². The van der Waals surface area contributed by atoms with Gasteiger partial charge in [-0.3, -0.25) is 10.2 Å². The Hall–Kier alpha value is -4.23. The number of nitrogen functional groups attached to an aromatic ring is 1. The Labute approximate surface area is 198 Å². The zero-order chi connectivity index (χ0) is 24.5. The summed E-state index contributed by atoms with van der Waals surface area (Å²) in [4.78, 5) is 27.0. The first kappa shape index (κ1) is 24.4. The zero-order valence-electron chi connectivity index (χ0n) is 18.9. The molecule has 7 nitrogen and oxygen atoms in total. The number of carbonyl (C=O) groups is 2. The Morgan fingerprint density at radius 1 is 0.971 bits per heavy atom. The molecule has 0 aliphatic rings. The number of nitrogens with zero attached hydrogens (tertiary/aromatic N) is 1. The van der Waals surface area contributed by atoms with Crippen LogP contribution in [0.4, 0.5) is 0 Å². The molecular formula is C27H27N3O4. The number of carbonyl (C=O) groups excluding carboxylic acids is 2. The van der Waals surface area contributed by atoms with Gasteiger partial charge in [0, 0.05) is 24.2 Å². The Bertz CT molecular complexity index is 1170. The molecule has 0 spiro atoms. The summed E-state index contributed by atoms with van der Waals surface area (Å²) in [6, 6.07) is 22.7. The molecule has 174 valence electrons. The Morgan fingerprint density at radius 3 is 2.18 bits per heavy atom. The molecule has 0 unspecified atom stereocenters.